The second-order valence-corrected chi connectivity index (χ2v) is 3.42. The van der Waals surface area contributed by atoms with E-state index in [1.165, 1.54) is 0 Å². The molecule has 0 bridgehead atoms. The van der Waals surface area contributed by atoms with Gasteiger partial charge < -0.3 is 15.8 Å². The molecule has 3 N–H and O–H groups in total. The standard InChI is InChI=1S/C9H11BrN2O2/c10-7-3-1-2-4-8(7)14-6-5-12-9(11)13/h1-4H,5-6H2,(H3,11,12,13). The van der Waals surface area contributed by atoms with Gasteiger partial charge in [-0.15, -0.1) is 0 Å². The molecule has 0 saturated carbocycles. The number of para-hydroxylation sites is 1. The van der Waals surface area contributed by atoms with Crippen LogP contribution in [-0.4, -0.2) is 19.2 Å². The van der Waals surface area contributed by atoms with Crippen molar-refractivity contribution in [3.8, 4) is 5.75 Å². The lowest BCUT2D eigenvalue weighted by Crippen LogP contribution is -2.32. The van der Waals surface area contributed by atoms with E-state index in [1.54, 1.807) is 0 Å². The van der Waals surface area contributed by atoms with Crippen LogP contribution in [0, 0.1) is 0 Å². The van der Waals surface area contributed by atoms with Crippen LogP contribution in [0.1, 0.15) is 0 Å². The molecule has 0 aliphatic rings. The number of rotatable bonds is 4. The third kappa shape index (κ3) is 3.66. The zero-order valence-corrected chi connectivity index (χ0v) is 9.08. The largest absolute Gasteiger partial charge is 0.491 e. The maximum atomic E-state index is 10.3. The molecule has 0 atom stereocenters. The van der Waals surface area contributed by atoms with Gasteiger partial charge in [0.15, 0.2) is 0 Å². The molecule has 1 aromatic carbocycles. The number of urea groups is 1. The van der Waals surface area contributed by atoms with Gasteiger partial charge in [-0.3, -0.25) is 0 Å². The topological polar surface area (TPSA) is 64.4 Å². The van der Waals surface area contributed by atoms with Crippen molar-refractivity contribution in [1.29, 1.82) is 0 Å². The third-order valence-electron chi connectivity index (χ3n) is 1.50. The fraction of sp³-hybridized carbons (Fsp3) is 0.222. The second-order valence-electron chi connectivity index (χ2n) is 2.57. The second kappa shape index (κ2) is 5.49. The molecule has 0 aromatic heterocycles. The zero-order valence-electron chi connectivity index (χ0n) is 7.50. The van der Waals surface area contributed by atoms with Crippen LogP contribution >= 0.6 is 15.9 Å². The molecule has 1 rings (SSSR count). The predicted molar refractivity (Wildman–Crippen MR) is 57.2 cm³/mol. The summed E-state index contributed by atoms with van der Waals surface area (Å²) in [5.41, 5.74) is 4.89. The van der Waals surface area contributed by atoms with E-state index < -0.39 is 6.03 Å². The van der Waals surface area contributed by atoms with Crippen LogP contribution < -0.4 is 15.8 Å². The number of carbonyl (C=O) groups is 1. The Balaban J connectivity index is 2.31. The number of nitrogens with one attached hydrogen (secondary N) is 1. The van der Waals surface area contributed by atoms with Crippen molar-refractivity contribution in [3.05, 3.63) is 28.7 Å². The summed E-state index contributed by atoms with van der Waals surface area (Å²) < 4.78 is 6.26. The summed E-state index contributed by atoms with van der Waals surface area (Å²) >= 11 is 3.34. The van der Waals surface area contributed by atoms with Crippen LogP contribution in [-0.2, 0) is 0 Å². The lowest BCUT2D eigenvalue weighted by molar-refractivity contribution is 0.244. The molecule has 5 heteroatoms. The summed E-state index contributed by atoms with van der Waals surface area (Å²) in [4.78, 5) is 10.3. The van der Waals surface area contributed by atoms with E-state index in [2.05, 4.69) is 21.2 Å². The van der Waals surface area contributed by atoms with Crippen molar-refractivity contribution in [2.45, 2.75) is 0 Å². The van der Waals surface area contributed by atoms with E-state index in [0.717, 1.165) is 10.2 Å². The van der Waals surface area contributed by atoms with E-state index in [9.17, 15) is 4.79 Å². The third-order valence-corrected chi connectivity index (χ3v) is 2.15. The fourth-order valence-corrected chi connectivity index (χ4v) is 1.30. The first-order valence-corrected chi connectivity index (χ1v) is 4.90. The van der Waals surface area contributed by atoms with Gasteiger partial charge in [0.2, 0.25) is 0 Å². The number of nitrogens with two attached hydrogens (primary N) is 1. The number of halogens is 1. The molecule has 0 spiro atoms. The summed E-state index contributed by atoms with van der Waals surface area (Å²) in [6.45, 7) is 0.794. The quantitative estimate of drug-likeness (QED) is 0.804. The molecule has 0 aliphatic heterocycles. The van der Waals surface area contributed by atoms with Gasteiger partial charge in [-0.25, -0.2) is 4.79 Å². The van der Waals surface area contributed by atoms with Gasteiger partial charge in [-0.05, 0) is 28.1 Å². The Kier molecular flexibility index (Phi) is 4.25. The van der Waals surface area contributed by atoms with Crippen molar-refractivity contribution in [1.82, 2.24) is 5.32 Å². The molecule has 0 saturated heterocycles. The molecular weight excluding hydrogens is 248 g/mol. The van der Waals surface area contributed by atoms with Gasteiger partial charge in [0.25, 0.3) is 0 Å². The average molecular weight is 259 g/mol. The van der Waals surface area contributed by atoms with Crippen molar-refractivity contribution >= 4 is 22.0 Å². The van der Waals surface area contributed by atoms with Gasteiger partial charge >= 0.3 is 6.03 Å². The summed E-state index contributed by atoms with van der Waals surface area (Å²) in [6, 6.07) is 6.96. The van der Waals surface area contributed by atoms with Crippen LogP contribution in [0.5, 0.6) is 5.75 Å². The summed E-state index contributed by atoms with van der Waals surface area (Å²) in [5.74, 6) is 0.749. The number of primary amides is 1. The Morgan fingerprint density at radius 1 is 1.50 bits per heavy atom. The minimum atomic E-state index is -0.541. The summed E-state index contributed by atoms with van der Waals surface area (Å²) in [5, 5.41) is 2.43. The van der Waals surface area contributed by atoms with E-state index in [0.29, 0.717) is 13.2 Å². The highest BCUT2D eigenvalue weighted by Gasteiger charge is 1.98. The highest BCUT2D eigenvalue weighted by Crippen LogP contribution is 2.23. The minimum absolute atomic E-state index is 0.394. The van der Waals surface area contributed by atoms with Crippen LogP contribution in [0.3, 0.4) is 0 Å². The Morgan fingerprint density at radius 2 is 2.21 bits per heavy atom. The number of ether oxygens (including phenoxy) is 1. The molecule has 0 heterocycles. The Bertz CT molecular complexity index is 317. The smallest absolute Gasteiger partial charge is 0.312 e. The molecule has 0 radical (unpaired) electrons. The number of hydrogen-bond acceptors (Lipinski definition) is 2. The average Bonchev–Trinajstić information content (AvgIpc) is 2.15. The van der Waals surface area contributed by atoms with Crippen LogP contribution in [0.15, 0.2) is 28.7 Å². The van der Waals surface area contributed by atoms with Gasteiger partial charge in [-0.2, -0.15) is 0 Å². The predicted octanol–water partition coefficient (Wildman–Crippen LogP) is 1.50. The molecule has 76 valence electrons. The molecule has 2 amide bonds. The number of carbonyl (C=O) groups excluding carboxylic acids is 1. The van der Waals surface area contributed by atoms with E-state index in [4.69, 9.17) is 10.5 Å². The molecule has 0 aliphatic carbocycles. The normalized spacial score (nSPS) is 9.50. The fourth-order valence-electron chi connectivity index (χ4n) is 0.897. The first-order chi connectivity index (χ1) is 6.70. The zero-order chi connectivity index (χ0) is 10.4. The lowest BCUT2D eigenvalue weighted by atomic mass is 10.3. The van der Waals surface area contributed by atoms with Crippen LogP contribution in [0.2, 0.25) is 0 Å². The maximum Gasteiger partial charge on any atom is 0.312 e. The van der Waals surface area contributed by atoms with Gasteiger partial charge in [0.1, 0.15) is 12.4 Å². The van der Waals surface area contributed by atoms with E-state index >= 15 is 0 Å². The molecule has 1 aromatic rings. The molecule has 14 heavy (non-hydrogen) atoms. The van der Waals surface area contributed by atoms with E-state index in [1.807, 2.05) is 24.3 Å². The lowest BCUT2D eigenvalue weighted by Gasteiger charge is -2.07. The van der Waals surface area contributed by atoms with E-state index in [-0.39, 0.29) is 0 Å². The number of hydrogen-bond donors (Lipinski definition) is 2. The minimum Gasteiger partial charge on any atom is -0.491 e. The van der Waals surface area contributed by atoms with Crippen molar-refractivity contribution in [2.75, 3.05) is 13.2 Å². The van der Waals surface area contributed by atoms with Crippen LogP contribution in [0.4, 0.5) is 4.79 Å². The maximum absolute atomic E-state index is 10.3. The number of amides is 2. The number of benzene rings is 1. The monoisotopic (exact) mass is 258 g/mol. The van der Waals surface area contributed by atoms with Crippen molar-refractivity contribution in [2.24, 2.45) is 5.73 Å². The van der Waals surface area contributed by atoms with Gasteiger partial charge in [-0.1, -0.05) is 12.1 Å². The Hall–Kier alpha value is -1.23. The highest BCUT2D eigenvalue weighted by molar-refractivity contribution is 9.10. The van der Waals surface area contributed by atoms with Gasteiger partial charge in [0, 0.05) is 0 Å². The Labute approximate surface area is 90.6 Å². The highest BCUT2D eigenvalue weighted by atomic mass is 79.9. The summed E-state index contributed by atoms with van der Waals surface area (Å²) in [7, 11) is 0. The molecule has 0 unspecified atom stereocenters. The van der Waals surface area contributed by atoms with Crippen LogP contribution in [0.25, 0.3) is 0 Å². The van der Waals surface area contributed by atoms with Crippen molar-refractivity contribution < 1.29 is 9.53 Å². The Morgan fingerprint density at radius 3 is 2.86 bits per heavy atom. The molecule has 4 nitrogen and oxygen atoms in total. The SMILES string of the molecule is NC(=O)NCCOc1ccccc1Br. The van der Waals surface area contributed by atoms with Crippen molar-refractivity contribution in [3.63, 3.8) is 0 Å². The summed E-state index contributed by atoms with van der Waals surface area (Å²) in [6.07, 6.45) is 0. The first kappa shape index (κ1) is 10.8. The first-order valence-electron chi connectivity index (χ1n) is 4.11. The molecule has 0 fully saturated rings. The molecular formula is C9H11BrN2O2. The van der Waals surface area contributed by atoms with Gasteiger partial charge in [0.05, 0.1) is 11.0 Å².